The normalized spacial score (nSPS) is 19.2. The fraction of sp³-hybridized carbons (Fsp3) is 0.345. The minimum absolute atomic E-state index is 0.00385. The Morgan fingerprint density at radius 1 is 1.14 bits per heavy atom. The number of carbonyl (C=O) groups excluding carboxylic acids is 2. The van der Waals surface area contributed by atoms with Crippen molar-refractivity contribution in [1.29, 1.82) is 0 Å². The van der Waals surface area contributed by atoms with Crippen molar-refractivity contribution < 1.29 is 37.0 Å². The molecule has 222 valence electrons. The molecule has 2 aliphatic rings. The van der Waals surface area contributed by atoms with Crippen LogP contribution in [-0.2, 0) is 15.2 Å². The van der Waals surface area contributed by atoms with Crippen LogP contribution in [0.3, 0.4) is 0 Å². The number of carbonyl (C=O) groups is 2. The maximum absolute atomic E-state index is 15.4. The number of amides is 1. The second kappa shape index (κ2) is 12.0. The molecule has 0 radical (unpaired) electrons. The first-order chi connectivity index (χ1) is 20.1. The van der Waals surface area contributed by atoms with Crippen molar-refractivity contribution in [3.8, 4) is 5.75 Å². The zero-order valence-electron chi connectivity index (χ0n) is 22.6. The maximum atomic E-state index is 15.4. The largest absolute Gasteiger partial charge is 0.510 e. The molecule has 13 heteroatoms. The second-order valence-electron chi connectivity index (χ2n) is 10.0. The zero-order valence-corrected chi connectivity index (χ0v) is 23.4. The first-order valence-electron chi connectivity index (χ1n) is 13.1. The van der Waals surface area contributed by atoms with E-state index in [1.54, 1.807) is 6.07 Å². The van der Waals surface area contributed by atoms with E-state index in [-0.39, 0.29) is 13.0 Å². The van der Waals surface area contributed by atoms with E-state index in [2.05, 4.69) is 9.47 Å². The number of piperidine rings is 1. The minimum Gasteiger partial charge on any atom is -0.451 e. The Hall–Kier alpha value is -4.13. The number of ether oxygens (including phenoxy) is 3. The summed E-state index contributed by atoms with van der Waals surface area (Å²) in [7, 11) is 1.08. The van der Waals surface area contributed by atoms with Crippen molar-refractivity contribution >= 4 is 23.8 Å². The van der Waals surface area contributed by atoms with Gasteiger partial charge in [-0.3, -0.25) is 14.3 Å². The summed E-state index contributed by atoms with van der Waals surface area (Å²) in [4.78, 5) is 40.1. The van der Waals surface area contributed by atoms with Crippen LogP contribution < -0.4 is 16.0 Å². The molecular weight excluding hydrogens is 575 g/mol. The van der Waals surface area contributed by atoms with Crippen LogP contribution in [0.25, 0.3) is 0 Å². The number of nitrogens with zero attached hydrogens (tertiary/aromatic N) is 2. The molecule has 3 heterocycles. The van der Waals surface area contributed by atoms with Crippen LogP contribution in [-0.4, -0.2) is 54.1 Å². The third-order valence-corrected chi connectivity index (χ3v) is 8.60. The molecular formula is C29H28F3N3O6S. The highest BCUT2D eigenvalue weighted by Gasteiger charge is 2.45. The van der Waals surface area contributed by atoms with Crippen molar-refractivity contribution in [3.63, 3.8) is 0 Å². The number of hydrogen-bond donors (Lipinski definition) is 1. The molecule has 1 saturated heterocycles. The summed E-state index contributed by atoms with van der Waals surface area (Å²) in [5, 5.41) is 0. The fourth-order valence-electron chi connectivity index (χ4n) is 5.54. The van der Waals surface area contributed by atoms with E-state index in [9.17, 15) is 23.2 Å². The number of nitrogens with two attached hydrogens (primary N) is 1. The molecule has 2 N–H and O–H groups in total. The predicted molar refractivity (Wildman–Crippen MR) is 148 cm³/mol. The van der Waals surface area contributed by atoms with Gasteiger partial charge >= 0.3 is 6.16 Å². The average Bonchev–Trinajstić information content (AvgIpc) is 3.12. The maximum Gasteiger partial charge on any atom is 0.510 e. The lowest BCUT2D eigenvalue weighted by Crippen LogP contribution is -2.51. The van der Waals surface area contributed by atoms with E-state index in [4.69, 9.17) is 10.6 Å². The number of fused-ring (bicyclic) bond motifs is 2. The van der Waals surface area contributed by atoms with Gasteiger partial charge in [0.25, 0.3) is 11.8 Å². The van der Waals surface area contributed by atoms with Crippen LogP contribution in [0, 0.1) is 5.82 Å². The Kier molecular flexibility index (Phi) is 8.39. The molecule has 0 saturated carbocycles. The number of likely N-dealkylation sites (tertiary alicyclic amines) is 1. The molecule has 0 spiro atoms. The fourth-order valence-corrected chi connectivity index (χ4v) is 6.65. The van der Waals surface area contributed by atoms with Crippen molar-refractivity contribution in [3.05, 3.63) is 93.2 Å². The summed E-state index contributed by atoms with van der Waals surface area (Å²) < 4.78 is 60.4. The number of nitrogen functional groups attached to an aromatic ring is 1. The predicted octanol–water partition coefficient (Wildman–Crippen LogP) is 4.89. The number of halogens is 3. The van der Waals surface area contributed by atoms with Gasteiger partial charge in [0.2, 0.25) is 18.0 Å². The number of thioether (sulfide) groups is 1. The number of methoxy groups -OCH3 is 1. The van der Waals surface area contributed by atoms with Gasteiger partial charge in [-0.15, -0.1) is 11.8 Å². The number of pyridine rings is 1. The van der Waals surface area contributed by atoms with Crippen LogP contribution in [0.5, 0.6) is 5.75 Å². The van der Waals surface area contributed by atoms with Crippen molar-refractivity contribution in [2.45, 2.75) is 47.8 Å². The van der Waals surface area contributed by atoms with Crippen LogP contribution in [0.4, 0.5) is 18.0 Å². The molecule has 0 bridgehead atoms. The molecule has 2 aromatic carbocycles. The number of alkyl halides is 2. The summed E-state index contributed by atoms with van der Waals surface area (Å²) in [6.45, 7) is -1.11. The molecule has 5 rings (SSSR count). The highest BCUT2D eigenvalue weighted by molar-refractivity contribution is 7.98. The van der Waals surface area contributed by atoms with Gasteiger partial charge in [0.1, 0.15) is 5.82 Å². The third kappa shape index (κ3) is 5.91. The summed E-state index contributed by atoms with van der Waals surface area (Å²) >= 11 is 1.54. The first-order valence-corrected chi connectivity index (χ1v) is 14.1. The Bertz CT molecular complexity index is 1570. The monoisotopic (exact) mass is 603 g/mol. The minimum atomic E-state index is -3.08. The Morgan fingerprint density at radius 2 is 1.93 bits per heavy atom. The van der Waals surface area contributed by atoms with Gasteiger partial charge in [0, 0.05) is 54.3 Å². The standard InChI is InChI=1S/C29H28F3N3O6S/c1-39-28(38)41-16-40-26-22(36)9-11-35(33)25(26)27(37)34-12-10-29(31,32)14-18(34)13-20-19-6-2-3-8-23(19)42-15-17-5-4-7-21(30)24(17)20/h2-9,11,18,20H,10,12-16,33H2,1H3/t18-,20-/m1/s1. The summed E-state index contributed by atoms with van der Waals surface area (Å²) in [6.07, 6.45) is -1.23. The molecule has 1 fully saturated rings. The van der Waals surface area contributed by atoms with Gasteiger partial charge in [-0.1, -0.05) is 30.3 Å². The Morgan fingerprint density at radius 3 is 2.71 bits per heavy atom. The topological polar surface area (TPSA) is 113 Å². The van der Waals surface area contributed by atoms with Gasteiger partial charge in [0.05, 0.1) is 7.11 Å². The van der Waals surface area contributed by atoms with E-state index < -0.39 is 72.3 Å². The molecule has 42 heavy (non-hydrogen) atoms. The van der Waals surface area contributed by atoms with Gasteiger partial charge in [-0.05, 0) is 35.2 Å². The average molecular weight is 604 g/mol. The lowest BCUT2D eigenvalue weighted by Gasteiger charge is -2.41. The lowest BCUT2D eigenvalue weighted by molar-refractivity contribution is -0.0718. The van der Waals surface area contributed by atoms with Crippen LogP contribution in [0.15, 0.2) is 64.4 Å². The van der Waals surface area contributed by atoms with E-state index in [0.717, 1.165) is 40.1 Å². The highest BCUT2D eigenvalue weighted by atomic mass is 32.2. The zero-order chi connectivity index (χ0) is 30.0. The molecule has 1 amide bonds. The molecule has 9 nitrogen and oxygen atoms in total. The van der Waals surface area contributed by atoms with Crippen LogP contribution in [0.1, 0.15) is 52.4 Å². The number of hydrogen-bond acceptors (Lipinski definition) is 8. The van der Waals surface area contributed by atoms with Crippen molar-refractivity contribution in [1.82, 2.24) is 9.58 Å². The van der Waals surface area contributed by atoms with Gasteiger partial charge in [-0.2, -0.15) is 0 Å². The van der Waals surface area contributed by atoms with E-state index in [1.807, 2.05) is 30.3 Å². The molecule has 0 unspecified atom stereocenters. The second-order valence-corrected chi connectivity index (χ2v) is 11.0. The molecule has 2 atom stereocenters. The van der Waals surface area contributed by atoms with Gasteiger partial charge < -0.3 is 25.0 Å². The Labute approximate surface area is 243 Å². The molecule has 0 aliphatic carbocycles. The first kappa shape index (κ1) is 29.4. The van der Waals surface area contributed by atoms with Crippen LogP contribution in [0.2, 0.25) is 0 Å². The molecule has 2 aliphatic heterocycles. The summed E-state index contributed by atoms with van der Waals surface area (Å²) in [5.41, 5.74) is 0.803. The van der Waals surface area contributed by atoms with Crippen LogP contribution >= 0.6 is 11.8 Å². The smallest absolute Gasteiger partial charge is 0.451 e. The van der Waals surface area contributed by atoms with Crippen molar-refractivity contribution in [2.24, 2.45) is 0 Å². The highest BCUT2D eigenvalue weighted by Crippen LogP contribution is 2.46. The molecule has 3 aromatic rings. The Balaban J connectivity index is 1.54. The quantitative estimate of drug-likeness (QED) is 0.241. The lowest BCUT2D eigenvalue weighted by atomic mass is 9.80. The summed E-state index contributed by atoms with van der Waals surface area (Å²) in [5.74, 6) is 1.03. The van der Waals surface area contributed by atoms with Gasteiger partial charge in [-0.25, -0.2) is 18.0 Å². The SMILES string of the molecule is COC(=O)OCOc1c(C(=O)N2CCC(F)(F)C[C@H]2C[C@@H]2c3ccccc3SCc3cccc(F)c32)n(N)ccc1=O. The van der Waals surface area contributed by atoms with E-state index in [1.165, 1.54) is 22.7 Å². The number of rotatable bonds is 6. The van der Waals surface area contributed by atoms with Crippen molar-refractivity contribution in [2.75, 3.05) is 26.3 Å². The summed E-state index contributed by atoms with van der Waals surface area (Å²) in [6, 6.07) is 12.2. The number of aromatic nitrogens is 1. The van der Waals surface area contributed by atoms with Gasteiger partial charge in [0.15, 0.2) is 5.69 Å². The molecule has 1 aromatic heterocycles. The third-order valence-electron chi connectivity index (χ3n) is 7.46. The van der Waals surface area contributed by atoms with E-state index in [0.29, 0.717) is 11.3 Å². The number of benzene rings is 2. The van der Waals surface area contributed by atoms with E-state index >= 15 is 4.39 Å².